The van der Waals surface area contributed by atoms with Crippen LogP contribution in [0.2, 0.25) is 0 Å². The van der Waals surface area contributed by atoms with Gasteiger partial charge in [-0.15, -0.1) is 0 Å². The standard InChI is InChI=1S/C16H9N3O2S2/c20-15-14(23-16(21)19-15)13(10-3-4-22-7-10)9-1-2-12-11(5-9)6-17-8-18-12/h1-8H,(H,19,20,21). The van der Waals surface area contributed by atoms with Gasteiger partial charge in [-0.25, -0.2) is 9.97 Å². The average molecular weight is 339 g/mol. The van der Waals surface area contributed by atoms with Gasteiger partial charge in [0.2, 0.25) is 0 Å². The van der Waals surface area contributed by atoms with Crippen LogP contribution in [0.4, 0.5) is 4.79 Å². The highest BCUT2D eigenvalue weighted by molar-refractivity contribution is 8.18. The molecule has 0 atom stereocenters. The van der Waals surface area contributed by atoms with Gasteiger partial charge in [-0.1, -0.05) is 6.07 Å². The second-order valence-corrected chi connectivity index (χ2v) is 6.62. The van der Waals surface area contributed by atoms with Gasteiger partial charge in [0.25, 0.3) is 11.1 Å². The van der Waals surface area contributed by atoms with Crippen LogP contribution in [0.3, 0.4) is 0 Å². The number of amides is 2. The Morgan fingerprint density at radius 2 is 2.04 bits per heavy atom. The van der Waals surface area contributed by atoms with E-state index in [2.05, 4.69) is 15.3 Å². The summed E-state index contributed by atoms with van der Waals surface area (Å²) in [6, 6.07) is 7.67. The van der Waals surface area contributed by atoms with E-state index in [1.807, 2.05) is 35.0 Å². The molecule has 1 saturated heterocycles. The number of hydrogen-bond acceptors (Lipinski definition) is 6. The van der Waals surface area contributed by atoms with Crippen LogP contribution in [0.15, 0.2) is 52.5 Å². The maximum Gasteiger partial charge on any atom is 0.290 e. The lowest BCUT2D eigenvalue weighted by Gasteiger charge is -2.09. The molecule has 0 aliphatic carbocycles. The van der Waals surface area contributed by atoms with Gasteiger partial charge in [0, 0.05) is 17.2 Å². The predicted molar refractivity (Wildman–Crippen MR) is 91.0 cm³/mol. The van der Waals surface area contributed by atoms with Crippen molar-refractivity contribution < 1.29 is 9.59 Å². The van der Waals surface area contributed by atoms with Crippen LogP contribution < -0.4 is 5.32 Å². The van der Waals surface area contributed by atoms with E-state index in [-0.39, 0.29) is 11.1 Å². The van der Waals surface area contributed by atoms with Gasteiger partial charge in [0.1, 0.15) is 6.33 Å². The molecule has 23 heavy (non-hydrogen) atoms. The first kappa shape index (κ1) is 14.1. The van der Waals surface area contributed by atoms with Crippen molar-refractivity contribution in [2.24, 2.45) is 0 Å². The molecule has 2 amide bonds. The van der Waals surface area contributed by atoms with E-state index in [0.717, 1.165) is 39.4 Å². The first-order valence-corrected chi connectivity index (χ1v) is 8.48. The van der Waals surface area contributed by atoms with Crippen LogP contribution in [-0.2, 0) is 4.79 Å². The fourth-order valence-electron chi connectivity index (χ4n) is 2.45. The molecular formula is C16H9N3O2S2. The highest BCUT2D eigenvalue weighted by atomic mass is 32.2. The van der Waals surface area contributed by atoms with Crippen LogP contribution in [0.1, 0.15) is 11.1 Å². The third-order valence-corrected chi connectivity index (χ3v) is 5.01. The summed E-state index contributed by atoms with van der Waals surface area (Å²) in [7, 11) is 0. The Bertz CT molecular complexity index is 964. The molecule has 0 unspecified atom stereocenters. The Morgan fingerprint density at radius 1 is 1.13 bits per heavy atom. The zero-order valence-corrected chi connectivity index (χ0v) is 13.3. The fraction of sp³-hybridized carbons (Fsp3) is 0. The SMILES string of the molecule is O=C1NC(=O)C(=C(c2ccsc2)c2ccc3ncncc3c2)S1. The van der Waals surface area contributed by atoms with E-state index in [1.54, 1.807) is 17.5 Å². The van der Waals surface area contributed by atoms with Gasteiger partial charge in [-0.2, -0.15) is 11.3 Å². The van der Waals surface area contributed by atoms with Crippen molar-refractivity contribution in [2.75, 3.05) is 0 Å². The van der Waals surface area contributed by atoms with E-state index in [9.17, 15) is 9.59 Å². The molecule has 0 bridgehead atoms. The summed E-state index contributed by atoms with van der Waals surface area (Å²) >= 11 is 2.48. The first-order chi connectivity index (χ1) is 11.2. The molecule has 1 aromatic carbocycles. The highest BCUT2D eigenvalue weighted by Crippen LogP contribution is 2.37. The molecule has 4 rings (SSSR count). The number of benzene rings is 1. The Balaban J connectivity index is 1.96. The number of nitrogens with one attached hydrogen (secondary N) is 1. The largest absolute Gasteiger partial charge is 0.290 e. The third-order valence-electron chi connectivity index (χ3n) is 3.45. The van der Waals surface area contributed by atoms with Crippen molar-refractivity contribution in [1.29, 1.82) is 0 Å². The molecule has 1 fully saturated rings. The molecule has 1 aliphatic rings. The number of carbonyl (C=O) groups excluding carboxylic acids is 2. The molecule has 3 heterocycles. The van der Waals surface area contributed by atoms with Gasteiger partial charge < -0.3 is 0 Å². The molecule has 0 spiro atoms. The predicted octanol–water partition coefficient (Wildman–Crippen LogP) is 3.43. The summed E-state index contributed by atoms with van der Waals surface area (Å²) in [5.41, 5.74) is 3.36. The molecule has 2 aromatic heterocycles. The molecule has 1 N–H and O–H groups in total. The summed E-state index contributed by atoms with van der Waals surface area (Å²) < 4.78 is 0. The molecule has 112 valence electrons. The number of hydrogen-bond donors (Lipinski definition) is 1. The minimum absolute atomic E-state index is 0.346. The molecule has 3 aromatic rings. The topological polar surface area (TPSA) is 72.0 Å². The molecule has 1 aliphatic heterocycles. The lowest BCUT2D eigenvalue weighted by Crippen LogP contribution is -2.18. The van der Waals surface area contributed by atoms with Crippen molar-refractivity contribution in [2.45, 2.75) is 0 Å². The number of carbonyl (C=O) groups is 2. The monoisotopic (exact) mass is 339 g/mol. The van der Waals surface area contributed by atoms with Gasteiger partial charge >= 0.3 is 0 Å². The lowest BCUT2D eigenvalue weighted by molar-refractivity contribution is -0.115. The number of fused-ring (bicyclic) bond motifs is 1. The van der Waals surface area contributed by atoms with Crippen molar-refractivity contribution in [1.82, 2.24) is 15.3 Å². The van der Waals surface area contributed by atoms with Crippen molar-refractivity contribution >= 4 is 50.7 Å². The van der Waals surface area contributed by atoms with Gasteiger partial charge in [-0.3, -0.25) is 14.9 Å². The highest BCUT2D eigenvalue weighted by Gasteiger charge is 2.30. The quantitative estimate of drug-likeness (QED) is 0.724. The van der Waals surface area contributed by atoms with Gasteiger partial charge in [0.05, 0.1) is 10.4 Å². The number of rotatable bonds is 2. The van der Waals surface area contributed by atoms with Crippen molar-refractivity contribution in [3.8, 4) is 0 Å². The second kappa shape index (κ2) is 5.60. The van der Waals surface area contributed by atoms with Crippen LogP contribution in [0.25, 0.3) is 16.5 Å². The lowest BCUT2D eigenvalue weighted by atomic mass is 9.98. The van der Waals surface area contributed by atoms with Gasteiger partial charge in [0.15, 0.2) is 0 Å². The van der Waals surface area contributed by atoms with Crippen LogP contribution in [-0.4, -0.2) is 21.1 Å². The number of aromatic nitrogens is 2. The maximum absolute atomic E-state index is 12.1. The molecule has 5 nitrogen and oxygen atoms in total. The first-order valence-electron chi connectivity index (χ1n) is 6.72. The Hall–Kier alpha value is -2.51. The van der Waals surface area contributed by atoms with E-state index in [0.29, 0.717) is 4.91 Å². The second-order valence-electron chi connectivity index (χ2n) is 4.86. The van der Waals surface area contributed by atoms with Crippen LogP contribution in [0, 0.1) is 0 Å². The number of imide groups is 1. The fourth-order valence-corrected chi connectivity index (χ4v) is 3.91. The minimum Gasteiger partial charge on any atom is -0.282 e. The molecular weight excluding hydrogens is 330 g/mol. The third kappa shape index (κ3) is 2.54. The van der Waals surface area contributed by atoms with Crippen molar-refractivity contribution in [3.63, 3.8) is 0 Å². The number of thiophene rings is 1. The summed E-state index contributed by atoms with van der Waals surface area (Å²) in [6.45, 7) is 0. The average Bonchev–Trinajstić information content (AvgIpc) is 3.18. The summed E-state index contributed by atoms with van der Waals surface area (Å²) in [6.07, 6.45) is 3.23. The van der Waals surface area contributed by atoms with E-state index in [1.165, 1.54) is 6.33 Å². The summed E-state index contributed by atoms with van der Waals surface area (Å²) in [5.74, 6) is -0.356. The minimum atomic E-state index is -0.356. The van der Waals surface area contributed by atoms with E-state index >= 15 is 0 Å². The zero-order chi connectivity index (χ0) is 15.8. The molecule has 0 radical (unpaired) electrons. The van der Waals surface area contributed by atoms with Gasteiger partial charge in [-0.05, 0) is 51.8 Å². The summed E-state index contributed by atoms with van der Waals surface area (Å²) in [5, 5.41) is 6.77. The Morgan fingerprint density at radius 3 is 2.78 bits per heavy atom. The Kier molecular flexibility index (Phi) is 3.44. The number of nitrogens with zero attached hydrogens (tertiary/aromatic N) is 2. The number of thioether (sulfide) groups is 1. The smallest absolute Gasteiger partial charge is 0.282 e. The maximum atomic E-state index is 12.1. The molecule has 0 saturated carbocycles. The van der Waals surface area contributed by atoms with E-state index < -0.39 is 0 Å². The van der Waals surface area contributed by atoms with Crippen LogP contribution in [0.5, 0.6) is 0 Å². The zero-order valence-electron chi connectivity index (χ0n) is 11.6. The Labute approximate surface area is 139 Å². The van der Waals surface area contributed by atoms with Crippen molar-refractivity contribution in [3.05, 3.63) is 63.6 Å². The van der Waals surface area contributed by atoms with E-state index in [4.69, 9.17) is 0 Å². The summed E-state index contributed by atoms with van der Waals surface area (Å²) in [4.78, 5) is 32.4. The van der Waals surface area contributed by atoms with Crippen LogP contribution >= 0.6 is 23.1 Å². The normalized spacial score (nSPS) is 16.7. The molecule has 7 heteroatoms.